The highest BCUT2D eigenvalue weighted by Crippen LogP contribution is 2.22. The number of fused-ring (bicyclic) bond motifs is 1. The van der Waals surface area contributed by atoms with E-state index in [0.717, 1.165) is 25.3 Å². The summed E-state index contributed by atoms with van der Waals surface area (Å²) in [4.78, 5) is 2.29. The Morgan fingerprint density at radius 1 is 1.25 bits per heavy atom. The van der Waals surface area contributed by atoms with Gasteiger partial charge in [0.2, 0.25) is 0 Å². The van der Waals surface area contributed by atoms with Crippen LogP contribution in [0, 0.1) is 0 Å². The topological polar surface area (TPSA) is 32.7 Å². The number of hydrogen-bond donors (Lipinski definition) is 1. The quantitative estimate of drug-likeness (QED) is 0.931. The number of nitrogens with zero attached hydrogens (tertiary/aromatic N) is 1. The van der Waals surface area contributed by atoms with Gasteiger partial charge in [-0.15, -0.1) is 0 Å². The summed E-state index contributed by atoms with van der Waals surface area (Å²) < 4.78 is 5.43. The fraction of sp³-hybridized carbons (Fsp3) is 0.412. The third-order valence-corrected chi connectivity index (χ3v) is 4.07. The van der Waals surface area contributed by atoms with E-state index in [4.69, 9.17) is 4.74 Å². The van der Waals surface area contributed by atoms with Crippen LogP contribution in [0.5, 0.6) is 0 Å². The SMILES string of the molecule is CC1COCCN1CC(O)c1ccc2ccccc2c1. The van der Waals surface area contributed by atoms with E-state index in [9.17, 15) is 5.11 Å². The van der Waals surface area contributed by atoms with Gasteiger partial charge in [-0.3, -0.25) is 4.90 Å². The first-order chi connectivity index (χ1) is 9.74. The number of benzene rings is 2. The van der Waals surface area contributed by atoms with Crippen LogP contribution in [-0.2, 0) is 4.74 Å². The average molecular weight is 271 g/mol. The van der Waals surface area contributed by atoms with Gasteiger partial charge in [-0.2, -0.15) is 0 Å². The summed E-state index contributed by atoms with van der Waals surface area (Å²) in [6, 6.07) is 14.8. The van der Waals surface area contributed by atoms with Gasteiger partial charge in [0.1, 0.15) is 0 Å². The molecule has 0 aromatic heterocycles. The van der Waals surface area contributed by atoms with Gasteiger partial charge in [0.15, 0.2) is 0 Å². The summed E-state index contributed by atoms with van der Waals surface area (Å²) in [5.74, 6) is 0. The molecular formula is C17H21NO2. The predicted molar refractivity (Wildman–Crippen MR) is 80.8 cm³/mol. The molecule has 0 bridgehead atoms. The monoisotopic (exact) mass is 271 g/mol. The predicted octanol–water partition coefficient (Wildman–Crippen LogP) is 2.59. The minimum atomic E-state index is -0.444. The van der Waals surface area contributed by atoms with Crippen LogP contribution in [0.15, 0.2) is 42.5 Å². The van der Waals surface area contributed by atoms with Crippen molar-refractivity contribution >= 4 is 10.8 Å². The van der Waals surface area contributed by atoms with Gasteiger partial charge in [-0.25, -0.2) is 0 Å². The molecule has 106 valence electrons. The normalized spacial score (nSPS) is 22.0. The summed E-state index contributed by atoms with van der Waals surface area (Å²) in [6.45, 7) is 5.22. The van der Waals surface area contributed by atoms with Crippen molar-refractivity contribution in [3.05, 3.63) is 48.0 Å². The lowest BCUT2D eigenvalue weighted by Crippen LogP contribution is -2.45. The molecule has 3 heteroatoms. The molecule has 1 N–H and O–H groups in total. The molecule has 0 radical (unpaired) electrons. The van der Waals surface area contributed by atoms with E-state index >= 15 is 0 Å². The highest BCUT2D eigenvalue weighted by atomic mass is 16.5. The summed E-state index contributed by atoms with van der Waals surface area (Å²) >= 11 is 0. The van der Waals surface area contributed by atoms with Crippen LogP contribution in [0.4, 0.5) is 0 Å². The Morgan fingerprint density at radius 2 is 2.05 bits per heavy atom. The van der Waals surface area contributed by atoms with Crippen molar-refractivity contribution in [3.63, 3.8) is 0 Å². The van der Waals surface area contributed by atoms with Crippen molar-refractivity contribution in [2.45, 2.75) is 19.1 Å². The Hall–Kier alpha value is -1.42. The fourth-order valence-corrected chi connectivity index (χ4v) is 2.78. The molecule has 3 nitrogen and oxygen atoms in total. The van der Waals surface area contributed by atoms with Crippen LogP contribution in [0.2, 0.25) is 0 Å². The molecule has 1 heterocycles. The van der Waals surface area contributed by atoms with Gasteiger partial charge < -0.3 is 9.84 Å². The minimum absolute atomic E-state index is 0.374. The van der Waals surface area contributed by atoms with E-state index in [0.29, 0.717) is 12.6 Å². The Morgan fingerprint density at radius 3 is 2.85 bits per heavy atom. The smallest absolute Gasteiger partial charge is 0.0917 e. The van der Waals surface area contributed by atoms with Crippen LogP contribution in [-0.4, -0.2) is 42.4 Å². The van der Waals surface area contributed by atoms with Crippen molar-refractivity contribution < 1.29 is 9.84 Å². The number of aliphatic hydroxyl groups is 1. The van der Waals surface area contributed by atoms with Crippen LogP contribution < -0.4 is 0 Å². The molecule has 1 fully saturated rings. The maximum absolute atomic E-state index is 10.5. The Kier molecular flexibility index (Phi) is 4.01. The zero-order valence-corrected chi connectivity index (χ0v) is 11.8. The molecule has 2 unspecified atom stereocenters. The zero-order valence-electron chi connectivity index (χ0n) is 11.8. The highest BCUT2D eigenvalue weighted by molar-refractivity contribution is 5.83. The minimum Gasteiger partial charge on any atom is -0.387 e. The molecule has 1 aliphatic rings. The van der Waals surface area contributed by atoms with E-state index in [1.165, 1.54) is 10.8 Å². The van der Waals surface area contributed by atoms with Crippen molar-refractivity contribution in [3.8, 4) is 0 Å². The summed E-state index contributed by atoms with van der Waals surface area (Å²) in [5, 5.41) is 12.9. The standard InChI is InChI=1S/C17H21NO2/c1-13-12-20-9-8-18(13)11-17(19)16-7-6-14-4-2-3-5-15(14)10-16/h2-7,10,13,17,19H,8-9,11-12H2,1H3. The van der Waals surface area contributed by atoms with Crippen LogP contribution in [0.1, 0.15) is 18.6 Å². The maximum Gasteiger partial charge on any atom is 0.0917 e. The largest absolute Gasteiger partial charge is 0.387 e. The van der Waals surface area contributed by atoms with Crippen molar-refractivity contribution in [2.75, 3.05) is 26.3 Å². The van der Waals surface area contributed by atoms with E-state index in [2.05, 4.69) is 36.1 Å². The first-order valence-corrected chi connectivity index (χ1v) is 7.22. The van der Waals surface area contributed by atoms with Crippen LogP contribution in [0.25, 0.3) is 10.8 Å². The summed E-state index contributed by atoms with van der Waals surface area (Å²) in [5.41, 5.74) is 0.988. The molecule has 20 heavy (non-hydrogen) atoms. The fourth-order valence-electron chi connectivity index (χ4n) is 2.78. The lowest BCUT2D eigenvalue weighted by atomic mass is 10.0. The third kappa shape index (κ3) is 2.85. The summed E-state index contributed by atoms with van der Waals surface area (Å²) in [6.07, 6.45) is -0.444. The second kappa shape index (κ2) is 5.92. The van der Waals surface area contributed by atoms with Gasteiger partial charge in [-0.1, -0.05) is 36.4 Å². The van der Waals surface area contributed by atoms with Crippen molar-refractivity contribution in [2.24, 2.45) is 0 Å². The molecule has 3 rings (SSSR count). The first kappa shape index (κ1) is 13.6. The molecule has 0 aliphatic carbocycles. The maximum atomic E-state index is 10.5. The molecule has 0 amide bonds. The first-order valence-electron chi connectivity index (χ1n) is 7.22. The number of aliphatic hydroxyl groups excluding tert-OH is 1. The van der Waals surface area contributed by atoms with Crippen molar-refractivity contribution in [1.29, 1.82) is 0 Å². The molecule has 2 aromatic carbocycles. The highest BCUT2D eigenvalue weighted by Gasteiger charge is 2.21. The lowest BCUT2D eigenvalue weighted by molar-refractivity contribution is -0.0202. The molecule has 2 aromatic rings. The number of hydrogen-bond acceptors (Lipinski definition) is 3. The lowest BCUT2D eigenvalue weighted by Gasteiger charge is -2.34. The third-order valence-electron chi connectivity index (χ3n) is 4.07. The van der Waals surface area contributed by atoms with Crippen LogP contribution in [0.3, 0.4) is 0 Å². The average Bonchev–Trinajstić information content (AvgIpc) is 2.49. The molecule has 1 saturated heterocycles. The molecule has 0 spiro atoms. The van der Waals surface area contributed by atoms with E-state index in [1.54, 1.807) is 0 Å². The van der Waals surface area contributed by atoms with Gasteiger partial charge in [0.25, 0.3) is 0 Å². The van der Waals surface area contributed by atoms with Gasteiger partial charge in [-0.05, 0) is 29.3 Å². The van der Waals surface area contributed by atoms with Gasteiger partial charge in [0, 0.05) is 19.1 Å². The molecule has 0 saturated carbocycles. The Balaban J connectivity index is 1.76. The molecular weight excluding hydrogens is 250 g/mol. The molecule has 2 atom stereocenters. The number of morpholine rings is 1. The van der Waals surface area contributed by atoms with Gasteiger partial charge >= 0.3 is 0 Å². The van der Waals surface area contributed by atoms with Gasteiger partial charge in [0.05, 0.1) is 19.3 Å². The van der Waals surface area contributed by atoms with Crippen molar-refractivity contribution in [1.82, 2.24) is 4.90 Å². The van der Waals surface area contributed by atoms with E-state index in [1.807, 2.05) is 18.2 Å². The number of ether oxygens (including phenoxy) is 1. The molecule has 1 aliphatic heterocycles. The second-order valence-corrected chi connectivity index (χ2v) is 5.54. The van der Waals surface area contributed by atoms with Crippen LogP contribution >= 0.6 is 0 Å². The zero-order chi connectivity index (χ0) is 13.9. The Labute approximate surface area is 119 Å². The number of rotatable bonds is 3. The Bertz CT molecular complexity index is 584. The summed E-state index contributed by atoms with van der Waals surface area (Å²) in [7, 11) is 0. The van der Waals surface area contributed by atoms with E-state index < -0.39 is 6.10 Å². The van der Waals surface area contributed by atoms with E-state index in [-0.39, 0.29) is 0 Å². The number of β-amino-alcohol motifs (C(OH)–C–C–N with tert-alkyl or cyclic N) is 1. The second-order valence-electron chi connectivity index (χ2n) is 5.54.